The Bertz CT molecular complexity index is 97.6. The highest BCUT2D eigenvalue weighted by atomic mass is 16.0. The molecule has 0 aliphatic heterocycles. The molecule has 0 atom stereocenters. The van der Waals surface area contributed by atoms with Crippen molar-refractivity contribution in [2.75, 3.05) is 32.7 Å². The molecule has 0 fully saturated rings. The zero-order valence-corrected chi connectivity index (χ0v) is 10.8. The second-order valence-electron chi connectivity index (χ2n) is 3.13. The van der Waals surface area contributed by atoms with Crippen LogP contribution in [0.3, 0.4) is 0 Å². The van der Waals surface area contributed by atoms with Crippen molar-refractivity contribution in [3.05, 3.63) is 12.7 Å². The van der Waals surface area contributed by atoms with Gasteiger partial charge in [-0.1, -0.05) is 6.08 Å². The summed E-state index contributed by atoms with van der Waals surface area (Å²) in [5.74, 6) is 0. The third-order valence-corrected chi connectivity index (χ3v) is 2.85. The fourth-order valence-corrected chi connectivity index (χ4v) is 1.34. The van der Waals surface area contributed by atoms with Gasteiger partial charge in [0, 0.05) is 6.54 Å². The fourth-order valence-electron chi connectivity index (χ4n) is 1.34. The van der Waals surface area contributed by atoms with E-state index < -0.39 is 0 Å². The lowest BCUT2D eigenvalue weighted by Crippen LogP contribution is -2.47. The lowest BCUT2D eigenvalue weighted by molar-refractivity contribution is -0.921. The number of hydrogen-bond acceptors (Lipinski definition) is 2. The van der Waals surface area contributed by atoms with Crippen LogP contribution in [-0.2, 0) is 0 Å². The van der Waals surface area contributed by atoms with E-state index in [1.807, 2.05) is 0 Å². The van der Waals surface area contributed by atoms with Gasteiger partial charge >= 0.3 is 0 Å². The molecule has 0 rings (SSSR count). The molecule has 0 aliphatic rings. The zero-order chi connectivity index (χ0) is 10.7. The highest BCUT2D eigenvalue weighted by molar-refractivity contribution is 4.64. The Kier molecular flexibility index (Phi) is 25.7. The van der Waals surface area contributed by atoms with E-state index in [9.17, 15) is 0 Å². The molecule has 0 aromatic carbocycles. The van der Waals surface area contributed by atoms with E-state index in [-0.39, 0.29) is 11.0 Å². The smallest absolute Gasteiger partial charge is 0.0757 e. The van der Waals surface area contributed by atoms with Crippen LogP contribution in [0, 0.1) is 0 Å². The van der Waals surface area contributed by atoms with Gasteiger partial charge in [0.2, 0.25) is 0 Å². The topological polar surface area (TPSA) is 87.5 Å². The van der Waals surface area contributed by atoms with Gasteiger partial charge < -0.3 is 21.2 Å². The van der Waals surface area contributed by atoms with Crippen LogP contribution in [0.25, 0.3) is 0 Å². The Morgan fingerprint density at radius 1 is 1.00 bits per heavy atom. The molecule has 0 saturated heterocycles. The van der Waals surface area contributed by atoms with Crippen LogP contribution in [0.2, 0.25) is 0 Å². The molecule has 96 valence electrons. The maximum absolute atomic E-state index is 4.91. The fraction of sp³-hybridized carbons (Fsp3) is 0.818. The highest BCUT2D eigenvalue weighted by Gasteiger charge is 2.16. The van der Waals surface area contributed by atoms with Gasteiger partial charge in [-0.15, -0.1) is 6.58 Å². The molecule has 0 radical (unpaired) electrons. The third kappa shape index (κ3) is 11.5. The van der Waals surface area contributed by atoms with Gasteiger partial charge in [0.1, 0.15) is 0 Å². The number of nitrogens with two attached hydrogens (primary N) is 1. The van der Waals surface area contributed by atoms with Crippen LogP contribution in [-0.4, -0.2) is 48.2 Å². The molecule has 0 aromatic heterocycles. The van der Waals surface area contributed by atoms with Crippen molar-refractivity contribution < 1.29 is 15.4 Å². The maximum Gasteiger partial charge on any atom is 0.0757 e. The largest absolute Gasteiger partial charge is 0.870 e. The van der Waals surface area contributed by atoms with Crippen LogP contribution >= 0.6 is 0 Å². The van der Waals surface area contributed by atoms with Crippen molar-refractivity contribution in [2.24, 2.45) is 5.73 Å². The van der Waals surface area contributed by atoms with Crippen LogP contribution < -0.4 is 5.73 Å². The van der Waals surface area contributed by atoms with E-state index in [1.54, 1.807) is 6.08 Å². The lowest BCUT2D eigenvalue weighted by Gasteiger charge is -2.34. The van der Waals surface area contributed by atoms with E-state index >= 15 is 0 Å². The molecule has 0 aliphatic carbocycles. The van der Waals surface area contributed by atoms with Crippen molar-refractivity contribution in [3.63, 3.8) is 0 Å². The monoisotopic (exact) mass is 222 g/mol. The maximum atomic E-state index is 4.91. The predicted molar refractivity (Wildman–Crippen MR) is 67.2 cm³/mol. The van der Waals surface area contributed by atoms with Crippen molar-refractivity contribution in [2.45, 2.75) is 27.7 Å². The minimum Gasteiger partial charge on any atom is -0.870 e. The molecule has 5 N–H and O–H groups in total. The molecule has 4 heteroatoms. The zero-order valence-electron chi connectivity index (χ0n) is 10.8. The van der Waals surface area contributed by atoms with Gasteiger partial charge in [0.25, 0.3) is 0 Å². The number of rotatable bonds is 5. The van der Waals surface area contributed by atoms with Crippen molar-refractivity contribution >= 4 is 0 Å². The quantitative estimate of drug-likeness (QED) is 0.556. The molecular formula is C11H30N2O2. The van der Waals surface area contributed by atoms with Gasteiger partial charge in [0.05, 0.1) is 26.2 Å². The first-order valence-electron chi connectivity index (χ1n) is 5.32. The molecule has 0 saturated carbocycles. The summed E-state index contributed by atoms with van der Waals surface area (Å²) >= 11 is 0. The summed E-state index contributed by atoms with van der Waals surface area (Å²) in [7, 11) is 0. The molecule has 0 spiro atoms. The standard InChI is InChI=1S/C8H20N.C3H7N.2H2O/c1-5-9(6-2,7-3)8-4;1-2-3-4;;/h5-8H2,1-4H3;2H,1,3-4H2;2*1H2/q+1;;;/p-1. The van der Waals surface area contributed by atoms with Crippen LogP contribution in [0.5, 0.6) is 0 Å². The summed E-state index contributed by atoms with van der Waals surface area (Å²) in [4.78, 5) is 0. The summed E-state index contributed by atoms with van der Waals surface area (Å²) in [5, 5.41) is 0. The normalized spacial score (nSPS) is 8.87. The highest BCUT2D eigenvalue weighted by Crippen LogP contribution is 2.03. The van der Waals surface area contributed by atoms with Gasteiger partial charge in [-0.3, -0.25) is 0 Å². The minimum absolute atomic E-state index is 0. The number of nitrogens with zero attached hydrogens (tertiary/aromatic N) is 1. The molecule has 0 bridgehead atoms. The molecular weight excluding hydrogens is 192 g/mol. The summed E-state index contributed by atoms with van der Waals surface area (Å²) < 4.78 is 1.28. The van der Waals surface area contributed by atoms with Gasteiger partial charge in [0.15, 0.2) is 0 Å². The summed E-state index contributed by atoms with van der Waals surface area (Å²) in [6.45, 7) is 18.2. The van der Waals surface area contributed by atoms with E-state index in [4.69, 9.17) is 5.73 Å². The summed E-state index contributed by atoms with van der Waals surface area (Å²) in [6.07, 6.45) is 1.65. The minimum atomic E-state index is 0. The number of hydrogen-bond donors (Lipinski definition) is 1. The molecule has 15 heavy (non-hydrogen) atoms. The van der Waals surface area contributed by atoms with Crippen molar-refractivity contribution in [1.29, 1.82) is 0 Å². The average molecular weight is 222 g/mol. The van der Waals surface area contributed by atoms with Gasteiger partial charge in [-0.2, -0.15) is 0 Å². The molecule has 4 nitrogen and oxygen atoms in total. The first kappa shape index (κ1) is 24.0. The molecule has 0 aromatic rings. The first-order chi connectivity index (χ1) is 6.16. The Morgan fingerprint density at radius 2 is 1.20 bits per heavy atom. The second-order valence-corrected chi connectivity index (χ2v) is 3.13. The van der Waals surface area contributed by atoms with Crippen molar-refractivity contribution in [1.82, 2.24) is 0 Å². The Balaban J connectivity index is -0.0000000883. The van der Waals surface area contributed by atoms with Gasteiger partial charge in [-0.25, -0.2) is 0 Å². The SMILES string of the molecule is C=CCN.CC[N+](CC)(CC)CC.O.[OH-]. The lowest BCUT2D eigenvalue weighted by atomic mass is 10.3. The molecule has 0 heterocycles. The second kappa shape index (κ2) is 16.0. The summed E-state index contributed by atoms with van der Waals surface area (Å²) in [5.41, 5.74) is 4.91. The van der Waals surface area contributed by atoms with E-state index in [0.29, 0.717) is 6.54 Å². The van der Waals surface area contributed by atoms with Crippen LogP contribution in [0.1, 0.15) is 27.7 Å². The third-order valence-electron chi connectivity index (χ3n) is 2.85. The number of quaternary nitrogens is 1. The molecule has 0 unspecified atom stereocenters. The predicted octanol–water partition coefficient (Wildman–Crippen LogP) is 1.01. The van der Waals surface area contributed by atoms with Crippen LogP contribution in [0.4, 0.5) is 0 Å². The Hall–Kier alpha value is -0.420. The van der Waals surface area contributed by atoms with E-state index in [2.05, 4.69) is 34.3 Å². The molecule has 0 amide bonds. The van der Waals surface area contributed by atoms with E-state index in [1.165, 1.54) is 30.7 Å². The van der Waals surface area contributed by atoms with Crippen LogP contribution in [0.15, 0.2) is 12.7 Å². The Labute approximate surface area is 95.0 Å². The average Bonchev–Trinajstić information content (AvgIpc) is 2.23. The van der Waals surface area contributed by atoms with Gasteiger partial charge in [-0.05, 0) is 27.7 Å². The van der Waals surface area contributed by atoms with Crippen molar-refractivity contribution in [3.8, 4) is 0 Å². The van der Waals surface area contributed by atoms with E-state index in [0.717, 1.165) is 0 Å². The Morgan fingerprint density at radius 3 is 1.20 bits per heavy atom. The first-order valence-corrected chi connectivity index (χ1v) is 5.32. The summed E-state index contributed by atoms with van der Waals surface area (Å²) in [6, 6.07) is 0.